The molecule has 1 aliphatic rings. The number of rotatable bonds is 3. The molecule has 1 saturated heterocycles. The van der Waals surface area contributed by atoms with Gasteiger partial charge in [0.05, 0.1) is 6.04 Å². The van der Waals surface area contributed by atoms with E-state index in [1.165, 1.54) is 0 Å². The van der Waals surface area contributed by atoms with Gasteiger partial charge in [-0.05, 0) is 49.6 Å². The summed E-state index contributed by atoms with van der Waals surface area (Å²) in [7, 11) is 0. The molecule has 0 aliphatic carbocycles. The quantitative estimate of drug-likeness (QED) is 0.718. The molecule has 2 rings (SSSR count). The van der Waals surface area contributed by atoms with Crippen LogP contribution in [0.5, 0.6) is 5.75 Å². The van der Waals surface area contributed by atoms with Crippen LogP contribution in [0.2, 0.25) is 0 Å². The Hall–Kier alpha value is -1.55. The summed E-state index contributed by atoms with van der Waals surface area (Å²) in [4.78, 5) is 12.1. The number of phenolic OH excluding ortho intramolecular Hbond substituents is 1. The lowest BCUT2D eigenvalue weighted by atomic mass is 9.90. The Labute approximate surface area is 107 Å². The Morgan fingerprint density at radius 2 is 2.17 bits per heavy atom. The van der Waals surface area contributed by atoms with Crippen LogP contribution in [0.1, 0.15) is 26.2 Å². The molecule has 2 unspecified atom stereocenters. The van der Waals surface area contributed by atoms with Gasteiger partial charge in [-0.2, -0.15) is 0 Å². The summed E-state index contributed by atoms with van der Waals surface area (Å²) in [6.45, 7) is 3.08. The van der Waals surface area contributed by atoms with Crippen LogP contribution >= 0.6 is 0 Å². The van der Waals surface area contributed by atoms with E-state index in [2.05, 4.69) is 17.6 Å². The third-order valence-corrected chi connectivity index (χ3v) is 3.54. The van der Waals surface area contributed by atoms with Gasteiger partial charge >= 0.3 is 0 Å². The van der Waals surface area contributed by atoms with Crippen molar-refractivity contribution in [3.63, 3.8) is 0 Å². The maximum atomic E-state index is 12.1. The minimum absolute atomic E-state index is 0.0128. The summed E-state index contributed by atoms with van der Waals surface area (Å²) in [5.41, 5.74) is 0.721. The second kappa shape index (κ2) is 5.87. The van der Waals surface area contributed by atoms with E-state index >= 15 is 0 Å². The molecule has 0 radical (unpaired) electrons. The van der Waals surface area contributed by atoms with Gasteiger partial charge in [-0.15, -0.1) is 0 Å². The first kappa shape index (κ1) is 12.9. The predicted octanol–water partition coefficient (Wildman–Crippen LogP) is 2.11. The summed E-state index contributed by atoms with van der Waals surface area (Å²) >= 11 is 0. The molecule has 1 aliphatic heterocycles. The van der Waals surface area contributed by atoms with Gasteiger partial charge in [0.1, 0.15) is 5.75 Å². The maximum absolute atomic E-state index is 12.1. The Balaban J connectivity index is 1.93. The topological polar surface area (TPSA) is 61.4 Å². The van der Waals surface area contributed by atoms with Gasteiger partial charge < -0.3 is 15.7 Å². The van der Waals surface area contributed by atoms with Gasteiger partial charge in [0.15, 0.2) is 0 Å². The van der Waals surface area contributed by atoms with Crippen molar-refractivity contribution >= 4 is 11.6 Å². The maximum Gasteiger partial charge on any atom is 0.241 e. The number of nitrogens with one attached hydrogen (secondary N) is 2. The van der Waals surface area contributed by atoms with E-state index in [-0.39, 0.29) is 17.7 Å². The second-order valence-electron chi connectivity index (χ2n) is 4.84. The highest BCUT2D eigenvalue weighted by atomic mass is 16.3. The van der Waals surface area contributed by atoms with Crippen molar-refractivity contribution in [2.75, 3.05) is 11.9 Å². The lowest BCUT2D eigenvalue weighted by Crippen LogP contribution is -2.46. The molecule has 1 aromatic carbocycles. The van der Waals surface area contributed by atoms with E-state index in [1.807, 2.05) is 0 Å². The highest BCUT2D eigenvalue weighted by molar-refractivity contribution is 5.94. The molecule has 0 bridgehead atoms. The van der Waals surface area contributed by atoms with Gasteiger partial charge in [0.25, 0.3) is 0 Å². The molecular formula is C14H20N2O2. The molecule has 1 aromatic rings. The Morgan fingerprint density at radius 3 is 2.83 bits per heavy atom. The fourth-order valence-electron chi connectivity index (χ4n) is 2.34. The minimum Gasteiger partial charge on any atom is -0.508 e. The smallest absolute Gasteiger partial charge is 0.241 e. The highest BCUT2D eigenvalue weighted by Gasteiger charge is 2.25. The first-order valence-corrected chi connectivity index (χ1v) is 6.52. The molecule has 3 N–H and O–H groups in total. The molecule has 2 atom stereocenters. The van der Waals surface area contributed by atoms with Crippen molar-refractivity contribution in [1.29, 1.82) is 0 Å². The van der Waals surface area contributed by atoms with Gasteiger partial charge in [0.2, 0.25) is 5.91 Å². The SMILES string of the molecule is CCC1CCNC(C(=O)Nc2ccc(O)cc2)C1. The van der Waals surface area contributed by atoms with Gasteiger partial charge in [-0.25, -0.2) is 0 Å². The van der Waals surface area contributed by atoms with Crippen LogP contribution < -0.4 is 10.6 Å². The Kier molecular flexibility index (Phi) is 4.20. The standard InChI is InChI=1S/C14H20N2O2/c1-2-10-7-8-15-13(9-10)14(18)16-11-3-5-12(17)6-4-11/h3-6,10,13,15,17H,2,7-9H2,1H3,(H,16,18). The van der Waals surface area contributed by atoms with Crippen molar-refractivity contribution in [2.45, 2.75) is 32.2 Å². The molecule has 0 saturated carbocycles. The first-order chi connectivity index (χ1) is 8.69. The molecule has 98 valence electrons. The van der Waals surface area contributed by atoms with E-state index < -0.39 is 0 Å². The molecule has 4 heteroatoms. The number of anilines is 1. The molecule has 0 aromatic heterocycles. The fraction of sp³-hybridized carbons (Fsp3) is 0.500. The minimum atomic E-state index is -0.0995. The number of carbonyl (C=O) groups is 1. The number of amides is 1. The molecule has 0 spiro atoms. The van der Waals surface area contributed by atoms with Crippen molar-refractivity contribution in [1.82, 2.24) is 5.32 Å². The molecule has 4 nitrogen and oxygen atoms in total. The number of hydrogen-bond donors (Lipinski definition) is 3. The van der Waals surface area contributed by atoms with E-state index in [0.29, 0.717) is 5.92 Å². The van der Waals surface area contributed by atoms with Crippen LogP contribution in [0.3, 0.4) is 0 Å². The van der Waals surface area contributed by atoms with Crippen molar-refractivity contribution in [2.24, 2.45) is 5.92 Å². The van der Waals surface area contributed by atoms with Crippen LogP contribution in [0.15, 0.2) is 24.3 Å². The molecule has 18 heavy (non-hydrogen) atoms. The van der Waals surface area contributed by atoms with Crippen LogP contribution in [0.4, 0.5) is 5.69 Å². The van der Waals surface area contributed by atoms with E-state index in [1.54, 1.807) is 24.3 Å². The second-order valence-corrected chi connectivity index (χ2v) is 4.84. The first-order valence-electron chi connectivity index (χ1n) is 6.52. The fourth-order valence-corrected chi connectivity index (χ4v) is 2.34. The lowest BCUT2D eigenvalue weighted by molar-refractivity contribution is -0.119. The summed E-state index contributed by atoms with van der Waals surface area (Å²) in [6, 6.07) is 6.44. The summed E-state index contributed by atoms with van der Waals surface area (Å²) in [6.07, 6.45) is 3.19. The third kappa shape index (κ3) is 3.23. The monoisotopic (exact) mass is 248 g/mol. The zero-order valence-electron chi connectivity index (χ0n) is 10.6. The number of aromatic hydroxyl groups is 1. The largest absolute Gasteiger partial charge is 0.508 e. The van der Waals surface area contributed by atoms with Crippen LogP contribution in [0, 0.1) is 5.92 Å². The third-order valence-electron chi connectivity index (χ3n) is 3.54. The van der Waals surface area contributed by atoms with Crippen LogP contribution in [-0.2, 0) is 4.79 Å². The normalized spacial score (nSPS) is 23.6. The van der Waals surface area contributed by atoms with Crippen LogP contribution in [0.25, 0.3) is 0 Å². The number of benzene rings is 1. The number of carbonyl (C=O) groups excluding carboxylic acids is 1. The Morgan fingerprint density at radius 1 is 1.44 bits per heavy atom. The summed E-state index contributed by atoms with van der Waals surface area (Å²) < 4.78 is 0. The van der Waals surface area contributed by atoms with Crippen molar-refractivity contribution < 1.29 is 9.90 Å². The number of hydrogen-bond acceptors (Lipinski definition) is 3. The average Bonchev–Trinajstić information content (AvgIpc) is 2.41. The highest BCUT2D eigenvalue weighted by Crippen LogP contribution is 2.20. The van der Waals surface area contributed by atoms with Crippen molar-refractivity contribution in [3.05, 3.63) is 24.3 Å². The number of phenols is 1. The molecule has 1 heterocycles. The van der Waals surface area contributed by atoms with Crippen molar-refractivity contribution in [3.8, 4) is 5.75 Å². The molecular weight excluding hydrogens is 228 g/mol. The molecule has 1 amide bonds. The summed E-state index contributed by atoms with van der Waals surface area (Å²) in [5, 5.41) is 15.3. The zero-order valence-corrected chi connectivity index (χ0v) is 10.6. The van der Waals surface area contributed by atoms with Gasteiger partial charge in [-0.1, -0.05) is 13.3 Å². The lowest BCUT2D eigenvalue weighted by Gasteiger charge is -2.28. The van der Waals surface area contributed by atoms with E-state index in [4.69, 9.17) is 0 Å². The average molecular weight is 248 g/mol. The Bertz CT molecular complexity index is 403. The predicted molar refractivity (Wildman–Crippen MR) is 71.5 cm³/mol. The van der Waals surface area contributed by atoms with E-state index in [9.17, 15) is 9.90 Å². The van der Waals surface area contributed by atoms with E-state index in [0.717, 1.165) is 31.5 Å². The van der Waals surface area contributed by atoms with Gasteiger partial charge in [0, 0.05) is 5.69 Å². The van der Waals surface area contributed by atoms with Gasteiger partial charge in [-0.3, -0.25) is 4.79 Å². The van der Waals surface area contributed by atoms with Crippen LogP contribution in [-0.4, -0.2) is 23.6 Å². The number of piperidine rings is 1. The zero-order chi connectivity index (χ0) is 13.0. The summed E-state index contributed by atoms with van der Waals surface area (Å²) in [5.74, 6) is 0.857. The molecule has 1 fully saturated rings.